The fourth-order valence-corrected chi connectivity index (χ4v) is 1.61. The average molecular weight is 221 g/mol. The van der Waals surface area contributed by atoms with Crippen molar-refractivity contribution in [2.24, 2.45) is 0 Å². The molecule has 0 aliphatic rings. The first-order valence-corrected chi connectivity index (χ1v) is 5.73. The van der Waals surface area contributed by atoms with Gasteiger partial charge in [0.25, 0.3) is 0 Å². The van der Waals surface area contributed by atoms with E-state index in [2.05, 4.69) is 19.2 Å². The Morgan fingerprint density at radius 1 is 1.50 bits per heavy atom. The molecule has 0 aliphatic heterocycles. The molecule has 0 spiro atoms. The second-order valence-electron chi connectivity index (χ2n) is 4.07. The maximum Gasteiger partial charge on any atom is 0.335 e. The summed E-state index contributed by atoms with van der Waals surface area (Å²) in [5.74, 6) is -0.884. The highest BCUT2D eigenvalue weighted by molar-refractivity contribution is 5.88. The van der Waals surface area contributed by atoms with Crippen molar-refractivity contribution < 1.29 is 9.90 Å². The van der Waals surface area contributed by atoms with E-state index < -0.39 is 5.97 Å². The number of aromatic carboxylic acids is 1. The van der Waals surface area contributed by atoms with Crippen molar-refractivity contribution in [3.05, 3.63) is 29.8 Å². The van der Waals surface area contributed by atoms with Gasteiger partial charge in [-0.25, -0.2) is 4.79 Å². The maximum atomic E-state index is 10.8. The second kappa shape index (κ2) is 6.16. The lowest BCUT2D eigenvalue weighted by Gasteiger charge is -2.14. The third kappa shape index (κ3) is 3.93. The van der Waals surface area contributed by atoms with Crippen LogP contribution >= 0.6 is 0 Å². The number of nitrogens with one attached hydrogen (secondary N) is 1. The summed E-state index contributed by atoms with van der Waals surface area (Å²) in [6, 6.07) is 7.31. The Bertz CT molecular complexity index is 350. The molecule has 1 aromatic rings. The molecule has 0 saturated heterocycles. The van der Waals surface area contributed by atoms with Crippen LogP contribution in [0.3, 0.4) is 0 Å². The van der Waals surface area contributed by atoms with Gasteiger partial charge < -0.3 is 10.4 Å². The lowest BCUT2D eigenvalue weighted by atomic mass is 10.1. The molecular weight excluding hydrogens is 202 g/mol. The lowest BCUT2D eigenvalue weighted by Crippen LogP contribution is -2.15. The first kappa shape index (κ1) is 12.6. The van der Waals surface area contributed by atoms with Crippen molar-refractivity contribution in [1.29, 1.82) is 0 Å². The van der Waals surface area contributed by atoms with Gasteiger partial charge in [0.15, 0.2) is 0 Å². The highest BCUT2D eigenvalue weighted by atomic mass is 16.4. The molecule has 1 rings (SSSR count). The number of anilines is 1. The molecule has 0 heterocycles. The predicted octanol–water partition coefficient (Wildman–Crippen LogP) is 3.38. The third-order valence-electron chi connectivity index (χ3n) is 2.51. The van der Waals surface area contributed by atoms with Gasteiger partial charge in [0.2, 0.25) is 0 Å². The zero-order chi connectivity index (χ0) is 12.0. The molecule has 1 aromatic carbocycles. The van der Waals surface area contributed by atoms with Crippen LogP contribution in [0.25, 0.3) is 0 Å². The summed E-state index contributed by atoms with van der Waals surface area (Å²) in [6.07, 6.45) is 3.47. The molecule has 1 atom stereocenters. The summed E-state index contributed by atoms with van der Waals surface area (Å²) >= 11 is 0. The Morgan fingerprint density at radius 3 is 2.88 bits per heavy atom. The zero-order valence-corrected chi connectivity index (χ0v) is 9.86. The molecule has 3 nitrogen and oxygen atoms in total. The molecule has 0 amide bonds. The van der Waals surface area contributed by atoms with Crippen molar-refractivity contribution in [2.75, 3.05) is 5.32 Å². The van der Waals surface area contributed by atoms with Crippen LogP contribution in [0.5, 0.6) is 0 Å². The van der Waals surface area contributed by atoms with Gasteiger partial charge in [-0.3, -0.25) is 0 Å². The Balaban J connectivity index is 2.59. The van der Waals surface area contributed by atoms with E-state index in [1.165, 1.54) is 12.8 Å². The van der Waals surface area contributed by atoms with E-state index >= 15 is 0 Å². The van der Waals surface area contributed by atoms with Gasteiger partial charge in [-0.05, 0) is 31.5 Å². The number of carboxylic acids is 1. The normalized spacial score (nSPS) is 12.1. The summed E-state index contributed by atoms with van der Waals surface area (Å²) in [7, 11) is 0. The summed E-state index contributed by atoms with van der Waals surface area (Å²) in [6.45, 7) is 4.28. The lowest BCUT2D eigenvalue weighted by molar-refractivity contribution is 0.0697. The first-order valence-electron chi connectivity index (χ1n) is 5.73. The smallest absolute Gasteiger partial charge is 0.335 e. The van der Waals surface area contributed by atoms with E-state index in [0.717, 1.165) is 12.1 Å². The predicted molar refractivity (Wildman–Crippen MR) is 66.0 cm³/mol. The minimum absolute atomic E-state index is 0.327. The van der Waals surface area contributed by atoms with Gasteiger partial charge in [0.1, 0.15) is 0 Å². The quantitative estimate of drug-likeness (QED) is 0.774. The largest absolute Gasteiger partial charge is 0.478 e. The molecule has 1 unspecified atom stereocenters. The summed E-state index contributed by atoms with van der Waals surface area (Å²) in [5, 5.41) is 12.2. The molecule has 16 heavy (non-hydrogen) atoms. The van der Waals surface area contributed by atoms with Crippen LogP contribution in [0.4, 0.5) is 5.69 Å². The van der Waals surface area contributed by atoms with Crippen LogP contribution in [0.1, 0.15) is 43.5 Å². The molecule has 2 N–H and O–H groups in total. The molecule has 0 saturated carbocycles. The van der Waals surface area contributed by atoms with Crippen LogP contribution in [-0.2, 0) is 0 Å². The average Bonchev–Trinajstić information content (AvgIpc) is 2.26. The van der Waals surface area contributed by atoms with Crippen LogP contribution in [0.15, 0.2) is 24.3 Å². The molecule has 0 fully saturated rings. The van der Waals surface area contributed by atoms with Crippen molar-refractivity contribution in [1.82, 2.24) is 0 Å². The Hall–Kier alpha value is -1.51. The van der Waals surface area contributed by atoms with Gasteiger partial charge in [-0.2, -0.15) is 0 Å². The SMILES string of the molecule is CCCCC(C)Nc1cccc(C(=O)O)c1. The van der Waals surface area contributed by atoms with E-state index in [1.54, 1.807) is 18.2 Å². The van der Waals surface area contributed by atoms with Gasteiger partial charge in [0.05, 0.1) is 5.56 Å². The number of hydrogen-bond acceptors (Lipinski definition) is 2. The van der Waals surface area contributed by atoms with Crippen molar-refractivity contribution in [2.45, 2.75) is 39.2 Å². The molecule has 3 heteroatoms. The minimum atomic E-state index is -0.884. The summed E-state index contributed by atoms with van der Waals surface area (Å²) in [5.41, 5.74) is 1.20. The molecule has 0 aliphatic carbocycles. The highest BCUT2D eigenvalue weighted by Crippen LogP contribution is 2.13. The van der Waals surface area contributed by atoms with Crippen molar-refractivity contribution in [3.8, 4) is 0 Å². The Labute approximate surface area is 96.5 Å². The van der Waals surface area contributed by atoms with E-state index in [0.29, 0.717) is 11.6 Å². The summed E-state index contributed by atoms with van der Waals surface area (Å²) < 4.78 is 0. The maximum absolute atomic E-state index is 10.8. The fourth-order valence-electron chi connectivity index (χ4n) is 1.61. The van der Waals surface area contributed by atoms with Crippen molar-refractivity contribution >= 4 is 11.7 Å². The van der Waals surface area contributed by atoms with Gasteiger partial charge in [-0.15, -0.1) is 0 Å². The number of carbonyl (C=O) groups is 1. The molecule has 0 bridgehead atoms. The van der Waals surface area contributed by atoms with Gasteiger partial charge in [0, 0.05) is 11.7 Å². The van der Waals surface area contributed by atoms with E-state index in [1.807, 2.05) is 6.07 Å². The standard InChI is InChI=1S/C13H19NO2/c1-3-4-6-10(2)14-12-8-5-7-11(9-12)13(15)16/h5,7-10,14H,3-4,6H2,1-2H3,(H,15,16). The number of unbranched alkanes of at least 4 members (excludes halogenated alkanes) is 1. The van der Waals surface area contributed by atoms with Crippen LogP contribution in [0.2, 0.25) is 0 Å². The van der Waals surface area contributed by atoms with Crippen LogP contribution < -0.4 is 5.32 Å². The van der Waals surface area contributed by atoms with Crippen molar-refractivity contribution in [3.63, 3.8) is 0 Å². The monoisotopic (exact) mass is 221 g/mol. The fraction of sp³-hybridized carbons (Fsp3) is 0.462. The highest BCUT2D eigenvalue weighted by Gasteiger charge is 2.05. The van der Waals surface area contributed by atoms with E-state index in [4.69, 9.17) is 5.11 Å². The van der Waals surface area contributed by atoms with Crippen LogP contribution in [-0.4, -0.2) is 17.1 Å². The topological polar surface area (TPSA) is 49.3 Å². The second-order valence-corrected chi connectivity index (χ2v) is 4.07. The molecular formula is C13H19NO2. The molecule has 0 radical (unpaired) electrons. The van der Waals surface area contributed by atoms with Gasteiger partial charge >= 0.3 is 5.97 Å². The number of carboxylic acid groups (broad SMARTS) is 1. The molecule has 0 aromatic heterocycles. The van der Waals surface area contributed by atoms with Crippen LogP contribution in [0, 0.1) is 0 Å². The number of hydrogen-bond donors (Lipinski definition) is 2. The third-order valence-corrected chi connectivity index (χ3v) is 2.51. The van der Waals surface area contributed by atoms with E-state index in [9.17, 15) is 4.79 Å². The van der Waals surface area contributed by atoms with Gasteiger partial charge in [-0.1, -0.05) is 25.8 Å². The molecule has 88 valence electrons. The summed E-state index contributed by atoms with van der Waals surface area (Å²) in [4.78, 5) is 10.8. The van der Waals surface area contributed by atoms with E-state index in [-0.39, 0.29) is 0 Å². The first-order chi connectivity index (χ1) is 7.63. The minimum Gasteiger partial charge on any atom is -0.478 e. The number of rotatable bonds is 6. The zero-order valence-electron chi connectivity index (χ0n) is 9.86. The Kier molecular flexibility index (Phi) is 4.83. The Morgan fingerprint density at radius 2 is 2.25 bits per heavy atom. The number of benzene rings is 1.